The van der Waals surface area contributed by atoms with Gasteiger partial charge < -0.3 is 16.2 Å². The predicted octanol–water partition coefficient (Wildman–Crippen LogP) is -0.363. The summed E-state index contributed by atoms with van der Waals surface area (Å²) in [7, 11) is 1.49. The van der Waals surface area contributed by atoms with Gasteiger partial charge in [-0.25, -0.2) is 0 Å². The van der Waals surface area contributed by atoms with E-state index in [-0.39, 0.29) is 0 Å². The number of ether oxygens (including phenoxy) is 1. The molecule has 0 aliphatic carbocycles. The van der Waals surface area contributed by atoms with E-state index < -0.39 is 11.9 Å². The van der Waals surface area contributed by atoms with Crippen LogP contribution in [0.15, 0.2) is 6.07 Å². The fourth-order valence-corrected chi connectivity index (χ4v) is 1.36. The monoisotopic (exact) mass is 187 g/mol. The van der Waals surface area contributed by atoms with Gasteiger partial charge in [0, 0.05) is 6.07 Å². The Labute approximate surface area is 73.5 Å². The molecule has 0 bridgehead atoms. The van der Waals surface area contributed by atoms with Gasteiger partial charge in [-0.15, -0.1) is 0 Å². The molecule has 1 amide bonds. The highest BCUT2D eigenvalue weighted by atomic mass is 32.1. The lowest BCUT2D eigenvalue weighted by Crippen LogP contribution is -2.27. The van der Waals surface area contributed by atoms with Crippen LogP contribution in [-0.4, -0.2) is 17.4 Å². The summed E-state index contributed by atoms with van der Waals surface area (Å²) in [5.74, 6) is -0.118. The summed E-state index contributed by atoms with van der Waals surface area (Å²) in [5, 5.41) is 0. The molecular formula is C6H9N3O2S. The van der Waals surface area contributed by atoms with E-state index in [2.05, 4.69) is 4.37 Å². The van der Waals surface area contributed by atoms with Gasteiger partial charge in [-0.2, -0.15) is 4.37 Å². The number of aromatic nitrogens is 1. The van der Waals surface area contributed by atoms with Crippen molar-refractivity contribution in [2.45, 2.75) is 6.04 Å². The van der Waals surface area contributed by atoms with E-state index in [9.17, 15) is 4.79 Å². The molecule has 0 aromatic carbocycles. The van der Waals surface area contributed by atoms with Crippen molar-refractivity contribution in [2.24, 2.45) is 11.5 Å². The molecule has 1 heterocycles. The van der Waals surface area contributed by atoms with Crippen LogP contribution in [0.3, 0.4) is 0 Å². The summed E-state index contributed by atoms with van der Waals surface area (Å²) in [6.45, 7) is 0. The van der Waals surface area contributed by atoms with Gasteiger partial charge in [0.05, 0.1) is 12.0 Å². The lowest BCUT2D eigenvalue weighted by Gasteiger charge is -2.00. The second-order valence-electron chi connectivity index (χ2n) is 2.15. The second-order valence-corrected chi connectivity index (χ2v) is 2.99. The van der Waals surface area contributed by atoms with E-state index in [1.54, 1.807) is 6.07 Å². The van der Waals surface area contributed by atoms with Gasteiger partial charge >= 0.3 is 0 Å². The van der Waals surface area contributed by atoms with Gasteiger partial charge in [0.25, 0.3) is 0 Å². The average molecular weight is 187 g/mol. The van der Waals surface area contributed by atoms with E-state index in [4.69, 9.17) is 16.2 Å². The Morgan fingerprint density at radius 1 is 1.83 bits per heavy atom. The summed E-state index contributed by atoms with van der Waals surface area (Å²) in [6.07, 6.45) is 0. The molecule has 1 aromatic rings. The number of hydrogen-bond donors (Lipinski definition) is 2. The molecule has 1 atom stereocenters. The van der Waals surface area contributed by atoms with E-state index in [0.29, 0.717) is 10.8 Å². The van der Waals surface area contributed by atoms with Crippen molar-refractivity contribution in [2.75, 3.05) is 7.11 Å². The zero-order chi connectivity index (χ0) is 9.14. The third-order valence-corrected chi connectivity index (χ3v) is 2.18. The number of nitrogens with two attached hydrogens (primary N) is 2. The molecule has 12 heavy (non-hydrogen) atoms. The lowest BCUT2D eigenvalue weighted by molar-refractivity contribution is -0.119. The molecule has 5 nitrogen and oxygen atoms in total. The van der Waals surface area contributed by atoms with E-state index in [1.165, 1.54) is 7.11 Å². The molecule has 0 aliphatic rings. The molecule has 0 aliphatic heterocycles. The Balaban J connectivity index is 2.81. The zero-order valence-corrected chi connectivity index (χ0v) is 7.30. The molecule has 0 saturated carbocycles. The number of hydrogen-bond acceptors (Lipinski definition) is 5. The minimum absolute atomic E-state index is 0.451. The fourth-order valence-electron chi connectivity index (χ4n) is 0.655. The first kappa shape index (κ1) is 8.95. The van der Waals surface area contributed by atoms with Crippen LogP contribution in [0.5, 0.6) is 5.88 Å². The van der Waals surface area contributed by atoms with Gasteiger partial charge in [0.2, 0.25) is 11.8 Å². The summed E-state index contributed by atoms with van der Waals surface area (Å²) in [5.41, 5.74) is 10.4. The molecule has 0 radical (unpaired) electrons. The Bertz CT molecular complexity index is 286. The minimum atomic E-state index is -0.786. The molecule has 4 N–H and O–H groups in total. The number of primary amides is 1. The normalized spacial score (nSPS) is 12.5. The van der Waals surface area contributed by atoms with Crippen LogP contribution < -0.4 is 16.2 Å². The lowest BCUT2D eigenvalue weighted by atomic mass is 10.2. The standard InChI is InChI=1S/C6H9N3O2S/c1-11-4-2-3(12-9-4)5(7)6(8)10/h2,5H,7H2,1H3,(H2,8,10). The molecular weight excluding hydrogens is 178 g/mol. The molecule has 1 aromatic heterocycles. The summed E-state index contributed by atoms with van der Waals surface area (Å²) < 4.78 is 8.69. The van der Waals surface area contributed by atoms with Gasteiger partial charge in [-0.3, -0.25) is 4.79 Å². The van der Waals surface area contributed by atoms with E-state index in [0.717, 1.165) is 11.5 Å². The number of methoxy groups -OCH3 is 1. The van der Waals surface area contributed by atoms with Crippen LogP contribution in [0.4, 0.5) is 0 Å². The maximum absolute atomic E-state index is 10.6. The third kappa shape index (κ3) is 1.72. The number of carbonyl (C=O) groups is 1. The van der Waals surface area contributed by atoms with Gasteiger partial charge in [0.15, 0.2) is 0 Å². The Hall–Kier alpha value is -1.14. The largest absolute Gasteiger partial charge is 0.480 e. The Morgan fingerprint density at radius 2 is 2.50 bits per heavy atom. The first-order chi connectivity index (χ1) is 5.65. The second kappa shape index (κ2) is 3.51. The first-order valence-corrected chi connectivity index (χ1v) is 3.98. The van der Waals surface area contributed by atoms with Crippen molar-refractivity contribution in [3.05, 3.63) is 10.9 Å². The van der Waals surface area contributed by atoms with Crippen LogP contribution in [0, 0.1) is 0 Å². The smallest absolute Gasteiger partial charge is 0.239 e. The summed E-state index contributed by atoms with van der Waals surface area (Å²) >= 11 is 1.11. The van der Waals surface area contributed by atoms with Crippen LogP contribution in [0.1, 0.15) is 10.9 Å². The zero-order valence-electron chi connectivity index (χ0n) is 6.48. The maximum atomic E-state index is 10.6. The highest BCUT2D eigenvalue weighted by Crippen LogP contribution is 2.20. The van der Waals surface area contributed by atoms with Crippen LogP contribution >= 0.6 is 11.5 Å². The first-order valence-electron chi connectivity index (χ1n) is 3.20. The highest BCUT2D eigenvalue weighted by molar-refractivity contribution is 7.06. The van der Waals surface area contributed by atoms with E-state index >= 15 is 0 Å². The van der Waals surface area contributed by atoms with Gasteiger partial charge in [-0.05, 0) is 11.5 Å². The SMILES string of the molecule is COc1cc(C(N)C(N)=O)sn1. The molecule has 0 spiro atoms. The number of nitrogens with zero attached hydrogens (tertiary/aromatic N) is 1. The minimum Gasteiger partial charge on any atom is -0.480 e. The van der Waals surface area contributed by atoms with Crippen LogP contribution in [0.2, 0.25) is 0 Å². The van der Waals surface area contributed by atoms with E-state index in [1.807, 2.05) is 0 Å². The van der Waals surface area contributed by atoms with Crippen molar-refractivity contribution in [3.63, 3.8) is 0 Å². The van der Waals surface area contributed by atoms with Crippen molar-refractivity contribution >= 4 is 17.4 Å². The van der Waals surface area contributed by atoms with Gasteiger partial charge in [-0.1, -0.05) is 0 Å². The molecule has 0 fully saturated rings. The summed E-state index contributed by atoms with van der Waals surface area (Å²) in [6, 6.07) is 0.812. The fraction of sp³-hybridized carbons (Fsp3) is 0.333. The summed E-state index contributed by atoms with van der Waals surface area (Å²) in [4.78, 5) is 11.2. The molecule has 6 heteroatoms. The average Bonchev–Trinajstić information content (AvgIpc) is 2.50. The Morgan fingerprint density at radius 3 is 2.92 bits per heavy atom. The quantitative estimate of drug-likeness (QED) is 0.675. The van der Waals surface area contributed by atoms with Crippen molar-refractivity contribution in [3.8, 4) is 5.88 Å². The molecule has 1 rings (SSSR count). The third-order valence-electron chi connectivity index (χ3n) is 1.33. The van der Waals surface area contributed by atoms with Gasteiger partial charge in [0.1, 0.15) is 6.04 Å². The van der Waals surface area contributed by atoms with Crippen LogP contribution in [-0.2, 0) is 4.79 Å². The number of amides is 1. The van der Waals surface area contributed by atoms with Crippen LogP contribution in [0.25, 0.3) is 0 Å². The number of carbonyl (C=O) groups excluding carboxylic acids is 1. The topological polar surface area (TPSA) is 91.2 Å². The maximum Gasteiger partial charge on any atom is 0.239 e. The number of rotatable bonds is 3. The molecule has 1 unspecified atom stereocenters. The van der Waals surface area contributed by atoms with Crippen molar-refractivity contribution < 1.29 is 9.53 Å². The predicted molar refractivity (Wildman–Crippen MR) is 44.8 cm³/mol. The van der Waals surface area contributed by atoms with Crippen molar-refractivity contribution in [1.29, 1.82) is 0 Å². The van der Waals surface area contributed by atoms with Crippen molar-refractivity contribution in [1.82, 2.24) is 4.37 Å². The molecule has 0 saturated heterocycles. The molecule has 66 valence electrons. The highest BCUT2D eigenvalue weighted by Gasteiger charge is 2.15. The Kier molecular flexibility index (Phi) is 2.61.